The smallest absolute Gasteiger partial charge is 0.325 e. The predicted octanol–water partition coefficient (Wildman–Crippen LogP) is 16.4. The molecule has 0 aliphatic carbocycles. The summed E-state index contributed by atoms with van der Waals surface area (Å²) in [6, 6.07) is 22.3. The van der Waals surface area contributed by atoms with E-state index in [2.05, 4.69) is 94.8 Å². The summed E-state index contributed by atoms with van der Waals surface area (Å²) in [7, 11) is 0. The molecule has 3 unspecified atom stereocenters. The van der Waals surface area contributed by atoms with Gasteiger partial charge in [-0.3, -0.25) is 44.0 Å². The van der Waals surface area contributed by atoms with Crippen LogP contribution in [0.25, 0.3) is 0 Å². The normalized spacial score (nSPS) is 22.9. The van der Waals surface area contributed by atoms with Gasteiger partial charge in [0.2, 0.25) is 0 Å². The van der Waals surface area contributed by atoms with E-state index in [1.54, 1.807) is 18.6 Å². The average molecular weight is 1600 g/mol. The Morgan fingerprint density at radius 3 is 1.14 bits per heavy atom. The number of nitrogens with zero attached hydrogens (tertiary/aromatic N) is 9. The van der Waals surface area contributed by atoms with Gasteiger partial charge in [0.25, 0.3) is 0 Å². The van der Waals surface area contributed by atoms with E-state index in [1.807, 2.05) is 41.3 Å². The fourth-order valence-electron chi connectivity index (χ4n) is 18.2. The first kappa shape index (κ1) is 92.2. The Bertz CT molecular complexity index is 3880. The molecular formula is C92H138N12O12. The van der Waals surface area contributed by atoms with E-state index in [-0.39, 0.29) is 77.2 Å². The second-order valence-electron chi connectivity index (χ2n) is 33.3. The number of rotatable bonds is 30. The van der Waals surface area contributed by atoms with Gasteiger partial charge in [-0.05, 0) is 241 Å². The van der Waals surface area contributed by atoms with E-state index >= 15 is 0 Å². The Morgan fingerprint density at radius 1 is 0.448 bits per heavy atom. The summed E-state index contributed by atoms with van der Waals surface area (Å²) in [4.78, 5) is 71.9. The van der Waals surface area contributed by atoms with Crippen LogP contribution in [0.3, 0.4) is 0 Å². The van der Waals surface area contributed by atoms with Crippen molar-refractivity contribution in [3.8, 4) is 0 Å². The third-order valence-corrected chi connectivity index (χ3v) is 23.9. The maximum atomic E-state index is 12.5. The molecule has 6 aromatic heterocycles. The zero-order valence-corrected chi connectivity index (χ0v) is 66.7. The lowest BCUT2D eigenvalue weighted by Gasteiger charge is -2.36. The third-order valence-electron chi connectivity index (χ3n) is 23.9. The van der Waals surface area contributed by atoms with Crippen LogP contribution in [0.1, 0.15) is 283 Å². The molecule has 24 nitrogen and oxygen atoms in total. The summed E-state index contributed by atoms with van der Waals surface area (Å²) in [5, 5.41) is 40.9. The highest BCUT2D eigenvalue weighted by atomic mass is 16.5. The minimum Gasteiger partial charge on any atom is -0.480 e. The van der Waals surface area contributed by atoms with Crippen molar-refractivity contribution >= 4 is 35.4 Å². The highest BCUT2D eigenvalue weighted by Gasteiger charge is 2.42. The van der Waals surface area contributed by atoms with Gasteiger partial charge >= 0.3 is 17.9 Å². The number of nitrogens with one attached hydrogen (secondary N) is 3. The van der Waals surface area contributed by atoms with Gasteiger partial charge in [0, 0.05) is 174 Å². The Hall–Kier alpha value is -7.65. The van der Waals surface area contributed by atoms with Crippen LogP contribution in [-0.4, -0.2) is 206 Å². The Labute approximate surface area is 691 Å². The molecule has 0 radical (unpaired) electrons. The Kier molecular flexibility index (Phi) is 35.7. The van der Waals surface area contributed by atoms with Crippen molar-refractivity contribution in [1.29, 1.82) is 0 Å². The summed E-state index contributed by atoms with van der Waals surface area (Å²) in [6.45, 7) is 19.5. The number of unbranched alkanes of at least 4 members (excludes halogenated alkanes) is 3. The second-order valence-corrected chi connectivity index (χ2v) is 33.3. The number of ether oxygens (including phenoxy) is 6. The number of anilines is 3. The topological polar surface area (TPSA) is 290 Å². The summed E-state index contributed by atoms with van der Waals surface area (Å²) < 4.78 is 36.3. The van der Waals surface area contributed by atoms with Crippen molar-refractivity contribution in [3.63, 3.8) is 0 Å². The Morgan fingerprint density at radius 2 is 0.802 bits per heavy atom. The number of hydrogen-bond acceptors (Lipinski definition) is 21. The van der Waals surface area contributed by atoms with Gasteiger partial charge in [-0.25, -0.2) is 15.0 Å². The standard InChI is InChI=1S/2C30H42N4O4.C28H38N4O4.4CH4/c2*1-30(2)19-22(13-18-38-30)26-25(9-6-14-31-26)27(29(35)36)34-16-12-24(20-34)37-17-4-3-8-23-11-10-21-7-5-15-32-28(21)33-23;33-28(34)26(23-9-6-14-29-25(23)24-10-2-4-18-36-24)32-16-13-22(19-32)35-17-3-1-8-21-12-11-20-7-5-15-30-27(20)31-21;;;;/h2*6,9-11,14,22,24,27H,3-5,7-8,12-13,15-20H2,1-2H3,(H,32,33)(H,35,36);6,9,11-12,14,22,24,26H,1-5,7-8,10,13,15-19H2,(H,30,31)(H,33,34);4*1H4/t22?,24-,27+;22?,24-,27-;22-,24?,26-;;;;/m111..../s1. The summed E-state index contributed by atoms with van der Waals surface area (Å²) >= 11 is 0. The van der Waals surface area contributed by atoms with Crippen molar-refractivity contribution < 1.29 is 58.1 Å². The molecule has 24 heteroatoms. The van der Waals surface area contributed by atoms with Crippen LogP contribution in [0.4, 0.5) is 17.5 Å². The van der Waals surface area contributed by atoms with E-state index < -0.39 is 36.0 Å². The first-order chi connectivity index (χ1) is 54.5. The first-order valence-corrected chi connectivity index (χ1v) is 42.2. The summed E-state index contributed by atoms with van der Waals surface area (Å²) in [5.74, 6) is 1.09. The van der Waals surface area contributed by atoms with Gasteiger partial charge in [-0.1, -0.05) is 66.1 Å². The molecule has 116 heavy (non-hydrogen) atoms. The molecule has 6 N–H and O–H groups in total. The van der Waals surface area contributed by atoms with E-state index in [1.165, 1.54) is 36.0 Å². The number of carboxylic acid groups (broad SMARTS) is 3. The molecule has 6 aromatic rings. The molecule has 15 heterocycles. The second kappa shape index (κ2) is 45.0. The minimum absolute atomic E-state index is 0. The minimum atomic E-state index is -0.840. The maximum absolute atomic E-state index is 12.5. The number of hydrogen-bond donors (Lipinski definition) is 6. The quantitative estimate of drug-likeness (QED) is 0.0228. The average Bonchev–Trinajstić information content (AvgIpc) is 1.35. The van der Waals surface area contributed by atoms with Crippen molar-refractivity contribution in [2.45, 2.75) is 284 Å². The molecule has 638 valence electrons. The van der Waals surface area contributed by atoms with E-state index in [0.29, 0.717) is 78.9 Å². The largest absolute Gasteiger partial charge is 0.480 e. The number of aliphatic carboxylic acids is 3. The first-order valence-electron chi connectivity index (χ1n) is 42.2. The van der Waals surface area contributed by atoms with Crippen molar-refractivity contribution in [1.82, 2.24) is 44.6 Å². The zero-order valence-electron chi connectivity index (χ0n) is 66.7. The fraction of sp³-hybridized carbons (Fsp3) is 0.641. The van der Waals surface area contributed by atoms with Crippen molar-refractivity contribution in [3.05, 3.63) is 159 Å². The molecule has 0 amide bonds. The lowest BCUT2D eigenvalue weighted by molar-refractivity contribution is -0.144. The number of fused-ring (bicyclic) bond motifs is 3. The molecule has 9 aliphatic heterocycles. The van der Waals surface area contributed by atoms with Gasteiger partial charge in [-0.15, -0.1) is 0 Å². The SMILES string of the molecule is C.C.C.C.CC1(C)CC(c2ncccc2[C@@H](C(=O)O)N2CC[C@@H](OCCCCc3ccc4c(n3)NCCC4)C2)CCO1.CC1(C)CC(c2ncccc2[C@H](C(=O)O)N2CC[C@@H](OCCCCc3ccc4c(n3)NCCC4)C2)CCO1.O=C(O)[C@@H](c1cccnc1C1CCCCO1)N1CC[C@@H](OCCCCc2ccc3c(n2)NCCC3)C1. The van der Waals surface area contributed by atoms with Crippen LogP contribution in [0, 0.1) is 0 Å². The van der Waals surface area contributed by atoms with Gasteiger partial charge in [0.1, 0.15) is 35.6 Å². The zero-order chi connectivity index (χ0) is 77.8. The summed E-state index contributed by atoms with van der Waals surface area (Å²) in [6.07, 6.45) is 30.0. The molecule has 6 saturated heterocycles. The van der Waals surface area contributed by atoms with Crippen LogP contribution in [0.15, 0.2) is 91.4 Å². The molecule has 9 aliphatic rings. The molecule has 9 atom stereocenters. The van der Waals surface area contributed by atoms with E-state index in [0.717, 1.165) is 229 Å². The van der Waals surface area contributed by atoms with E-state index in [4.69, 9.17) is 53.3 Å². The number of aromatic nitrogens is 6. The molecule has 0 saturated carbocycles. The third kappa shape index (κ3) is 25.2. The number of likely N-dealkylation sites (tertiary alicyclic amines) is 3. The van der Waals surface area contributed by atoms with Crippen LogP contribution >= 0.6 is 0 Å². The molecule has 6 fully saturated rings. The molecule has 0 bridgehead atoms. The number of pyridine rings is 6. The highest BCUT2D eigenvalue weighted by molar-refractivity contribution is 5.77. The monoisotopic (exact) mass is 1600 g/mol. The molecule has 0 aromatic carbocycles. The number of carbonyl (C=O) groups is 3. The predicted molar refractivity (Wildman–Crippen MR) is 457 cm³/mol. The number of aryl methyl sites for hydroxylation is 6. The van der Waals surface area contributed by atoms with Crippen molar-refractivity contribution in [2.75, 3.05) is 114 Å². The van der Waals surface area contributed by atoms with Gasteiger partial charge in [0.15, 0.2) is 0 Å². The van der Waals surface area contributed by atoms with Crippen molar-refractivity contribution in [2.24, 2.45) is 0 Å². The molecule has 0 spiro atoms. The van der Waals surface area contributed by atoms with Gasteiger partial charge in [-0.2, -0.15) is 0 Å². The molecule has 15 rings (SSSR count). The van der Waals surface area contributed by atoms with Crippen LogP contribution in [0.2, 0.25) is 0 Å². The van der Waals surface area contributed by atoms with Gasteiger partial charge < -0.3 is 59.7 Å². The summed E-state index contributed by atoms with van der Waals surface area (Å²) in [5.41, 5.74) is 11.9. The van der Waals surface area contributed by atoms with Crippen LogP contribution in [0.5, 0.6) is 0 Å². The fourth-order valence-corrected chi connectivity index (χ4v) is 18.2. The Balaban J connectivity index is 0.000000196. The highest BCUT2D eigenvalue weighted by Crippen LogP contribution is 2.43. The van der Waals surface area contributed by atoms with Crippen LogP contribution in [-0.2, 0) is 81.3 Å². The van der Waals surface area contributed by atoms with Gasteiger partial charge in [0.05, 0.1) is 41.3 Å². The maximum Gasteiger partial charge on any atom is 0.325 e. The van der Waals surface area contributed by atoms with E-state index in [9.17, 15) is 29.7 Å². The number of carboxylic acids is 3. The van der Waals surface area contributed by atoms with Crippen LogP contribution < -0.4 is 16.0 Å². The molecular weight excluding hydrogens is 1470 g/mol. The lowest BCUT2D eigenvalue weighted by atomic mass is 9.83. The lowest BCUT2D eigenvalue weighted by Crippen LogP contribution is -2.36.